The number of fused-ring (bicyclic) bond motifs is 3. The molecule has 1 spiro atoms. The minimum Gasteiger partial charge on any atom is -0.396 e. The number of Topliss-reactive ketones (excluding diaryl/α,β-unsaturated/α-hetero) is 3. The molecule has 0 heterocycles. The third kappa shape index (κ3) is 2.49. The molecule has 10 atom stereocenters. The summed E-state index contributed by atoms with van der Waals surface area (Å²) in [7, 11) is 0. The molecule has 30 heavy (non-hydrogen) atoms. The molecule has 0 aliphatic heterocycles. The van der Waals surface area contributed by atoms with E-state index in [0.717, 1.165) is 12.8 Å². The number of carbonyl (C=O) groups is 3. The summed E-state index contributed by atoms with van der Waals surface area (Å²) in [5, 5.41) is 43.7. The summed E-state index contributed by atoms with van der Waals surface area (Å²) in [6.07, 6.45) is -1.38. The fourth-order valence-electron chi connectivity index (χ4n) is 8.11. The van der Waals surface area contributed by atoms with Gasteiger partial charge in [-0.1, -0.05) is 20.3 Å². The molecule has 0 unspecified atom stereocenters. The number of ketones is 3. The van der Waals surface area contributed by atoms with Crippen molar-refractivity contribution < 1.29 is 34.8 Å². The van der Waals surface area contributed by atoms with E-state index in [1.807, 2.05) is 13.8 Å². The molecule has 2 bridgehead atoms. The summed E-state index contributed by atoms with van der Waals surface area (Å²) in [4.78, 5) is 38.9. The van der Waals surface area contributed by atoms with E-state index in [1.165, 1.54) is 6.92 Å². The lowest BCUT2D eigenvalue weighted by molar-refractivity contribution is -0.234. The molecule has 0 amide bonds. The quantitative estimate of drug-likeness (QED) is 0.523. The molecule has 0 aromatic heterocycles. The number of aliphatic hydroxyl groups is 4. The maximum atomic E-state index is 13.8. The Morgan fingerprint density at radius 2 is 1.80 bits per heavy atom. The maximum absolute atomic E-state index is 13.8. The van der Waals surface area contributed by atoms with Gasteiger partial charge in [-0.15, -0.1) is 0 Å². The second-order valence-electron chi connectivity index (χ2n) is 10.9. The van der Waals surface area contributed by atoms with Gasteiger partial charge in [0.2, 0.25) is 0 Å². The van der Waals surface area contributed by atoms with Crippen LogP contribution in [-0.2, 0) is 14.4 Å². The Bertz CT molecular complexity index is 780. The van der Waals surface area contributed by atoms with Crippen molar-refractivity contribution in [2.45, 2.75) is 77.6 Å². The van der Waals surface area contributed by atoms with E-state index in [-0.39, 0.29) is 43.4 Å². The fourth-order valence-corrected chi connectivity index (χ4v) is 8.11. The summed E-state index contributed by atoms with van der Waals surface area (Å²) in [6.45, 7) is 5.21. The highest BCUT2D eigenvalue weighted by molar-refractivity contribution is 6.03. The second kappa shape index (κ2) is 6.92. The lowest BCUT2D eigenvalue weighted by atomic mass is 9.39. The summed E-state index contributed by atoms with van der Waals surface area (Å²) >= 11 is 0. The molecule has 4 fully saturated rings. The first-order valence-electron chi connectivity index (χ1n) is 11.2. The fraction of sp³-hybridized carbons (Fsp3) is 0.870. The standard InChI is InChI=1S/C23H34O7/c1-11(25)5-6-12-15-16(27)17(28)18-22(3)8-4-7-21(2,10-24)13(22)9-14(26)23(18,19(12)29)20(15)30/h12-16,18,20,24,26-27,30H,4-10H2,1-3H3/t12-,13-,14-,15+,16-,18+,20-,21-,22-,23-/m1/s1. The van der Waals surface area contributed by atoms with Crippen LogP contribution in [0.4, 0.5) is 0 Å². The van der Waals surface area contributed by atoms with Gasteiger partial charge < -0.3 is 25.2 Å². The molecule has 7 nitrogen and oxygen atoms in total. The lowest BCUT2D eigenvalue weighted by Crippen LogP contribution is -2.71. The highest BCUT2D eigenvalue weighted by atomic mass is 16.3. The van der Waals surface area contributed by atoms with E-state index in [2.05, 4.69) is 0 Å². The number of carbonyl (C=O) groups excluding carboxylic acids is 3. The number of hydrogen-bond donors (Lipinski definition) is 4. The molecule has 4 aliphatic carbocycles. The minimum absolute atomic E-state index is 0.0865. The van der Waals surface area contributed by atoms with Crippen molar-refractivity contribution in [1.82, 2.24) is 0 Å². The molecule has 4 N–H and O–H groups in total. The summed E-state index contributed by atoms with van der Waals surface area (Å²) in [6, 6.07) is 0. The zero-order chi connectivity index (χ0) is 22.2. The largest absolute Gasteiger partial charge is 0.396 e. The van der Waals surface area contributed by atoms with Crippen LogP contribution >= 0.6 is 0 Å². The van der Waals surface area contributed by atoms with E-state index >= 15 is 0 Å². The molecule has 4 aliphatic rings. The van der Waals surface area contributed by atoms with Crippen LogP contribution in [0.5, 0.6) is 0 Å². The minimum atomic E-state index is -1.64. The maximum Gasteiger partial charge on any atom is 0.166 e. The Hall–Kier alpha value is -1.15. The second-order valence-corrected chi connectivity index (χ2v) is 10.9. The third-order valence-electron chi connectivity index (χ3n) is 9.44. The first-order chi connectivity index (χ1) is 14.0. The Labute approximate surface area is 176 Å². The zero-order valence-electron chi connectivity index (χ0n) is 18.0. The smallest absolute Gasteiger partial charge is 0.166 e. The Morgan fingerprint density at radius 3 is 2.40 bits per heavy atom. The van der Waals surface area contributed by atoms with Crippen LogP contribution in [0.3, 0.4) is 0 Å². The van der Waals surface area contributed by atoms with Crippen LogP contribution in [0.1, 0.15) is 59.3 Å². The molecular formula is C23H34O7. The predicted molar refractivity (Wildman–Crippen MR) is 106 cm³/mol. The molecule has 7 heteroatoms. The van der Waals surface area contributed by atoms with Crippen molar-refractivity contribution in [2.24, 2.45) is 39.9 Å². The monoisotopic (exact) mass is 422 g/mol. The number of rotatable bonds is 4. The van der Waals surface area contributed by atoms with Gasteiger partial charge in [-0.25, -0.2) is 0 Å². The van der Waals surface area contributed by atoms with Gasteiger partial charge in [0, 0.05) is 30.8 Å². The molecule has 0 aromatic rings. The number of hydrogen-bond acceptors (Lipinski definition) is 7. The average Bonchev–Trinajstić information content (AvgIpc) is 2.84. The topological polar surface area (TPSA) is 132 Å². The van der Waals surface area contributed by atoms with Gasteiger partial charge >= 0.3 is 0 Å². The summed E-state index contributed by atoms with van der Waals surface area (Å²) in [5.41, 5.74) is -2.86. The Kier molecular flexibility index (Phi) is 5.09. The van der Waals surface area contributed by atoms with Gasteiger partial charge in [-0.05, 0) is 49.4 Å². The highest BCUT2D eigenvalue weighted by Gasteiger charge is 2.79. The van der Waals surface area contributed by atoms with Crippen molar-refractivity contribution in [1.29, 1.82) is 0 Å². The molecule has 4 saturated carbocycles. The van der Waals surface area contributed by atoms with Crippen LogP contribution in [-0.4, -0.2) is 62.7 Å². The lowest BCUT2D eigenvalue weighted by Gasteiger charge is -2.65. The zero-order valence-corrected chi connectivity index (χ0v) is 18.0. The van der Waals surface area contributed by atoms with Crippen LogP contribution in [0, 0.1) is 39.9 Å². The van der Waals surface area contributed by atoms with Crippen molar-refractivity contribution in [3.05, 3.63) is 0 Å². The molecular weight excluding hydrogens is 388 g/mol. The van der Waals surface area contributed by atoms with Crippen LogP contribution in [0.2, 0.25) is 0 Å². The van der Waals surface area contributed by atoms with Crippen molar-refractivity contribution in [3.8, 4) is 0 Å². The van der Waals surface area contributed by atoms with Crippen LogP contribution in [0.25, 0.3) is 0 Å². The molecule has 0 saturated heterocycles. The average molecular weight is 423 g/mol. The van der Waals surface area contributed by atoms with Gasteiger partial charge in [0.05, 0.1) is 17.6 Å². The normalized spacial score (nSPS) is 52.7. The Balaban J connectivity index is 1.86. The molecule has 168 valence electrons. The van der Waals surface area contributed by atoms with Crippen molar-refractivity contribution in [3.63, 3.8) is 0 Å². The van der Waals surface area contributed by atoms with E-state index in [4.69, 9.17) is 0 Å². The third-order valence-corrected chi connectivity index (χ3v) is 9.44. The van der Waals surface area contributed by atoms with Gasteiger partial charge in [0.15, 0.2) is 5.78 Å². The van der Waals surface area contributed by atoms with Crippen LogP contribution in [0.15, 0.2) is 0 Å². The SMILES string of the molecule is CC(=O)CC[C@H]1C(=O)[C@@]23[C@H](O)C[C@@H]4[C@@](C)(CO)CCC[C@@]4(C)[C@@H]2C(=O)[C@H](O)[C@H]1[C@H]3O. The summed E-state index contributed by atoms with van der Waals surface area (Å²) < 4.78 is 0. The van der Waals surface area contributed by atoms with Gasteiger partial charge in [-0.2, -0.15) is 0 Å². The van der Waals surface area contributed by atoms with E-state index in [9.17, 15) is 34.8 Å². The number of aliphatic hydroxyl groups excluding tert-OH is 4. The summed E-state index contributed by atoms with van der Waals surface area (Å²) in [5.74, 6) is -3.97. The molecule has 0 aromatic carbocycles. The highest BCUT2D eigenvalue weighted by Crippen LogP contribution is 2.70. The first-order valence-corrected chi connectivity index (χ1v) is 11.2. The van der Waals surface area contributed by atoms with Crippen molar-refractivity contribution in [2.75, 3.05) is 6.61 Å². The van der Waals surface area contributed by atoms with Crippen molar-refractivity contribution >= 4 is 17.3 Å². The van der Waals surface area contributed by atoms with E-state index in [1.54, 1.807) is 0 Å². The Morgan fingerprint density at radius 1 is 1.13 bits per heavy atom. The van der Waals surface area contributed by atoms with Gasteiger partial charge in [-0.3, -0.25) is 9.59 Å². The van der Waals surface area contributed by atoms with E-state index in [0.29, 0.717) is 6.42 Å². The van der Waals surface area contributed by atoms with Gasteiger partial charge in [0.25, 0.3) is 0 Å². The van der Waals surface area contributed by atoms with E-state index < -0.39 is 58.1 Å². The van der Waals surface area contributed by atoms with Gasteiger partial charge in [0.1, 0.15) is 17.7 Å². The molecule has 4 rings (SSSR count). The predicted octanol–water partition coefficient (Wildman–Crippen LogP) is 0.647. The molecule has 0 radical (unpaired) electrons. The van der Waals surface area contributed by atoms with Crippen LogP contribution < -0.4 is 0 Å². The first kappa shape index (κ1) is 22.1.